The normalized spacial score (nSPS) is 10.6. The van der Waals surface area contributed by atoms with Crippen LogP contribution in [0.2, 0.25) is 5.02 Å². The van der Waals surface area contributed by atoms with Gasteiger partial charge in [-0.1, -0.05) is 28.9 Å². The van der Waals surface area contributed by atoms with Crippen LogP contribution in [0.5, 0.6) is 0 Å². The summed E-state index contributed by atoms with van der Waals surface area (Å²) in [5.74, 6) is -4.14. The van der Waals surface area contributed by atoms with Crippen molar-refractivity contribution in [3.8, 4) is 11.3 Å². The van der Waals surface area contributed by atoms with Crippen molar-refractivity contribution < 1.29 is 27.6 Å². The zero-order valence-corrected chi connectivity index (χ0v) is 15.2. The number of esters is 1. The van der Waals surface area contributed by atoms with E-state index in [1.54, 1.807) is 31.2 Å². The van der Waals surface area contributed by atoms with Gasteiger partial charge in [0.15, 0.2) is 17.2 Å². The van der Waals surface area contributed by atoms with Crippen molar-refractivity contribution in [2.24, 2.45) is 0 Å². The van der Waals surface area contributed by atoms with Crippen LogP contribution >= 0.6 is 11.6 Å². The number of amides is 1. The summed E-state index contributed by atoms with van der Waals surface area (Å²) in [4.78, 5) is 24.7. The second-order valence-electron chi connectivity index (χ2n) is 5.55. The van der Waals surface area contributed by atoms with Crippen LogP contribution in [0.15, 0.2) is 47.0 Å². The minimum atomic E-state index is -1.18. The van der Waals surface area contributed by atoms with Crippen LogP contribution < -0.4 is 5.32 Å². The molecule has 0 saturated heterocycles. The molecule has 0 aliphatic carbocycles. The highest BCUT2D eigenvalue weighted by Crippen LogP contribution is 2.31. The number of nitrogens with zero attached hydrogens (tertiary/aromatic N) is 1. The number of rotatable bonds is 5. The van der Waals surface area contributed by atoms with Gasteiger partial charge in [0.25, 0.3) is 5.91 Å². The maximum Gasteiger partial charge on any atom is 0.346 e. The average molecular weight is 407 g/mol. The van der Waals surface area contributed by atoms with E-state index in [4.69, 9.17) is 20.9 Å². The summed E-state index contributed by atoms with van der Waals surface area (Å²) < 4.78 is 36.5. The molecule has 0 unspecified atom stereocenters. The second-order valence-corrected chi connectivity index (χ2v) is 5.98. The molecule has 6 nitrogen and oxygen atoms in total. The van der Waals surface area contributed by atoms with Gasteiger partial charge in [0.1, 0.15) is 5.69 Å². The van der Waals surface area contributed by atoms with E-state index >= 15 is 0 Å². The lowest BCUT2D eigenvalue weighted by Gasteiger charge is -2.06. The van der Waals surface area contributed by atoms with Gasteiger partial charge in [-0.25, -0.2) is 13.6 Å². The van der Waals surface area contributed by atoms with E-state index in [2.05, 4.69) is 10.5 Å². The van der Waals surface area contributed by atoms with Gasteiger partial charge >= 0.3 is 5.97 Å². The topological polar surface area (TPSA) is 81.4 Å². The van der Waals surface area contributed by atoms with E-state index in [-0.39, 0.29) is 29.3 Å². The smallest absolute Gasteiger partial charge is 0.346 e. The number of hydrogen-bond acceptors (Lipinski definition) is 5. The molecule has 0 bridgehead atoms. The van der Waals surface area contributed by atoms with E-state index in [9.17, 15) is 18.4 Å². The van der Waals surface area contributed by atoms with Gasteiger partial charge < -0.3 is 9.26 Å². The SMILES string of the molecule is CCOC(=O)c1c(-c2ccc(Cl)cc2)noc1NC(=O)c1ccc(F)c(F)c1. The Labute approximate surface area is 163 Å². The molecule has 0 aliphatic heterocycles. The first-order chi connectivity index (χ1) is 13.4. The number of halogens is 3. The van der Waals surface area contributed by atoms with E-state index < -0.39 is 23.5 Å². The largest absolute Gasteiger partial charge is 0.462 e. The Morgan fingerprint density at radius 2 is 1.86 bits per heavy atom. The van der Waals surface area contributed by atoms with Crippen LogP contribution in [0.3, 0.4) is 0 Å². The summed E-state index contributed by atoms with van der Waals surface area (Å²) in [6.45, 7) is 1.70. The molecule has 144 valence electrons. The lowest BCUT2D eigenvalue weighted by Crippen LogP contribution is -2.15. The Bertz CT molecular complexity index is 1030. The monoisotopic (exact) mass is 406 g/mol. The highest BCUT2D eigenvalue weighted by molar-refractivity contribution is 6.30. The third-order valence-electron chi connectivity index (χ3n) is 3.70. The number of anilines is 1. The van der Waals surface area contributed by atoms with Crippen molar-refractivity contribution in [3.63, 3.8) is 0 Å². The quantitative estimate of drug-likeness (QED) is 0.621. The number of ether oxygens (including phenoxy) is 1. The minimum Gasteiger partial charge on any atom is -0.462 e. The van der Waals surface area contributed by atoms with E-state index in [0.29, 0.717) is 10.6 Å². The molecule has 3 rings (SSSR count). The molecule has 0 radical (unpaired) electrons. The molecule has 0 fully saturated rings. The molecule has 0 aliphatic rings. The molecular weight excluding hydrogens is 394 g/mol. The highest BCUT2D eigenvalue weighted by Gasteiger charge is 2.27. The minimum absolute atomic E-state index is 0.0840. The lowest BCUT2D eigenvalue weighted by atomic mass is 10.1. The van der Waals surface area contributed by atoms with Gasteiger partial charge in [-0.2, -0.15) is 0 Å². The van der Waals surface area contributed by atoms with Crippen molar-refractivity contribution in [1.29, 1.82) is 0 Å². The number of benzene rings is 2. The first kappa shape index (κ1) is 19.5. The molecule has 2 aromatic carbocycles. The Balaban J connectivity index is 1.98. The molecule has 1 aromatic heterocycles. The Hall–Kier alpha value is -3.26. The van der Waals surface area contributed by atoms with Crippen molar-refractivity contribution in [3.05, 3.63) is 70.2 Å². The van der Waals surface area contributed by atoms with Crippen molar-refractivity contribution in [1.82, 2.24) is 5.16 Å². The standard InChI is InChI=1S/C19H13ClF2N2O4/c1-2-27-19(26)15-16(10-3-6-12(20)7-4-10)24-28-18(15)23-17(25)11-5-8-13(21)14(22)9-11/h3-9H,2H2,1H3,(H,23,25). The number of aromatic nitrogens is 1. The fraction of sp³-hybridized carbons (Fsp3) is 0.105. The van der Waals surface area contributed by atoms with Crippen LogP contribution in [0.4, 0.5) is 14.7 Å². The van der Waals surface area contributed by atoms with E-state index in [1.165, 1.54) is 0 Å². The molecule has 28 heavy (non-hydrogen) atoms. The third-order valence-corrected chi connectivity index (χ3v) is 3.95. The number of carbonyl (C=O) groups is 2. The van der Waals surface area contributed by atoms with Crippen molar-refractivity contribution >= 4 is 29.4 Å². The number of carbonyl (C=O) groups excluding carboxylic acids is 2. The first-order valence-electron chi connectivity index (χ1n) is 8.09. The lowest BCUT2D eigenvalue weighted by molar-refractivity contribution is 0.0528. The Morgan fingerprint density at radius 3 is 2.50 bits per heavy atom. The summed E-state index contributed by atoms with van der Waals surface area (Å²) >= 11 is 5.87. The van der Waals surface area contributed by atoms with Gasteiger partial charge in [-0.15, -0.1) is 0 Å². The predicted molar refractivity (Wildman–Crippen MR) is 97.2 cm³/mol. The van der Waals surface area contributed by atoms with Gasteiger partial charge in [-0.3, -0.25) is 10.1 Å². The van der Waals surface area contributed by atoms with Crippen molar-refractivity contribution in [2.75, 3.05) is 11.9 Å². The molecule has 1 amide bonds. The molecule has 0 saturated carbocycles. The fourth-order valence-corrected chi connectivity index (χ4v) is 2.51. The first-order valence-corrected chi connectivity index (χ1v) is 8.47. The molecule has 9 heteroatoms. The second kappa shape index (κ2) is 8.18. The zero-order chi connectivity index (χ0) is 20.3. The van der Waals surface area contributed by atoms with Gasteiger partial charge in [-0.05, 0) is 37.3 Å². The van der Waals surface area contributed by atoms with Gasteiger partial charge in [0.05, 0.1) is 6.61 Å². The van der Waals surface area contributed by atoms with E-state index in [0.717, 1.165) is 18.2 Å². The molecule has 0 atom stereocenters. The predicted octanol–water partition coefficient (Wildman–Crippen LogP) is 4.70. The number of hydrogen-bond donors (Lipinski definition) is 1. The zero-order valence-electron chi connectivity index (χ0n) is 14.5. The van der Waals surface area contributed by atoms with Crippen LogP contribution in [0.25, 0.3) is 11.3 Å². The van der Waals surface area contributed by atoms with Crippen LogP contribution in [0, 0.1) is 11.6 Å². The van der Waals surface area contributed by atoms with Crippen LogP contribution in [-0.4, -0.2) is 23.6 Å². The molecular formula is C19H13ClF2N2O4. The molecule has 1 heterocycles. The summed E-state index contributed by atoms with van der Waals surface area (Å²) in [5.41, 5.74) is 0.360. The Kier molecular flexibility index (Phi) is 5.70. The Morgan fingerprint density at radius 1 is 1.14 bits per heavy atom. The summed E-state index contributed by atoms with van der Waals surface area (Å²) in [6.07, 6.45) is 0. The van der Waals surface area contributed by atoms with Gasteiger partial charge in [0.2, 0.25) is 5.88 Å². The van der Waals surface area contributed by atoms with Crippen molar-refractivity contribution in [2.45, 2.75) is 6.92 Å². The summed E-state index contributed by atoms with van der Waals surface area (Å²) in [6, 6.07) is 9.06. The third kappa shape index (κ3) is 4.01. The molecule has 1 N–H and O–H groups in total. The van der Waals surface area contributed by atoms with Crippen LogP contribution in [-0.2, 0) is 4.74 Å². The van der Waals surface area contributed by atoms with Gasteiger partial charge in [0, 0.05) is 16.1 Å². The number of nitrogens with one attached hydrogen (secondary N) is 1. The fourth-order valence-electron chi connectivity index (χ4n) is 2.39. The summed E-state index contributed by atoms with van der Waals surface area (Å²) in [7, 11) is 0. The van der Waals surface area contributed by atoms with Crippen LogP contribution in [0.1, 0.15) is 27.6 Å². The highest BCUT2D eigenvalue weighted by atomic mass is 35.5. The summed E-state index contributed by atoms with van der Waals surface area (Å²) in [5, 5.41) is 6.64. The maximum atomic E-state index is 13.4. The van der Waals surface area contributed by atoms with E-state index in [1.807, 2.05) is 0 Å². The average Bonchev–Trinajstić information content (AvgIpc) is 3.08. The molecule has 0 spiro atoms. The maximum absolute atomic E-state index is 13.4. The molecule has 3 aromatic rings.